The summed E-state index contributed by atoms with van der Waals surface area (Å²) in [4.78, 5) is 23.2. The molecule has 2 N–H and O–H groups in total. The van der Waals surface area contributed by atoms with Crippen LogP contribution in [-0.4, -0.2) is 42.6 Å². The maximum atomic E-state index is 12.4. The maximum absolute atomic E-state index is 12.4. The third-order valence-corrected chi connectivity index (χ3v) is 5.37. The number of hydrogen-bond acceptors (Lipinski definition) is 5. The molecule has 29 heavy (non-hydrogen) atoms. The summed E-state index contributed by atoms with van der Waals surface area (Å²) in [6, 6.07) is 12.2. The summed E-state index contributed by atoms with van der Waals surface area (Å²) in [5, 5.41) is 6.56. The van der Waals surface area contributed by atoms with Crippen molar-refractivity contribution in [2.45, 2.75) is 38.6 Å². The molecule has 0 atom stereocenters. The molecule has 6 nitrogen and oxygen atoms in total. The SMILES string of the molecule is C/C(=C\c1ccccc1)C(=O)NC[C@H]1CC[C@@H](Nc2nccc(N(C)C)n2)CC1. The van der Waals surface area contributed by atoms with E-state index in [2.05, 4.69) is 20.6 Å². The van der Waals surface area contributed by atoms with Crippen LogP contribution in [0.25, 0.3) is 6.08 Å². The summed E-state index contributed by atoms with van der Waals surface area (Å²) in [5.41, 5.74) is 1.79. The fourth-order valence-electron chi connectivity index (χ4n) is 3.60. The number of nitrogens with one attached hydrogen (secondary N) is 2. The van der Waals surface area contributed by atoms with Crippen molar-refractivity contribution in [3.05, 3.63) is 53.7 Å². The number of carbonyl (C=O) groups is 1. The molecule has 1 aromatic heterocycles. The number of anilines is 2. The monoisotopic (exact) mass is 393 g/mol. The average molecular weight is 394 g/mol. The van der Waals surface area contributed by atoms with E-state index in [9.17, 15) is 4.79 Å². The second kappa shape index (κ2) is 10.0. The number of nitrogens with zero attached hydrogens (tertiary/aromatic N) is 3. The topological polar surface area (TPSA) is 70.2 Å². The highest BCUT2D eigenvalue weighted by atomic mass is 16.1. The standard InChI is InChI=1S/C23H31N5O/c1-17(15-18-7-5-4-6-8-18)22(29)25-16-19-9-11-20(12-10-19)26-23-24-14-13-21(27-23)28(2)3/h4-8,13-15,19-20H,9-12,16H2,1-3H3,(H,25,29)(H,24,26,27)/b17-15+/t19-,20+. The number of rotatable bonds is 7. The van der Waals surface area contributed by atoms with Crippen LogP contribution < -0.4 is 15.5 Å². The van der Waals surface area contributed by atoms with Crippen molar-refractivity contribution in [3.63, 3.8) is 0 Å². The van der Waals surface area contributed by atoms with Crippen LogP contribution in [0, 0.1) is 5.92 Å². The first-order valence-electron chi connectivity index (χ1n) is 10.3. The molecule has 1 heterocycles. The highest BCUT2D eigenvalue weighted by Gasteiger charge is 2.22. The average Bonchev–Trinajstić information content (AvgIpc) is 2.74. The zero-order chi connectivity index (χ0) is 20.6. The summed E-state index contributed by atoms with van der Waals surface area (Å²) in [6.07, 6.45) is 8.03. The molecule has 0 spiro atoms. The van der Waals surface area contributed by atoms with E-state index in [4.69, 9.17) is 0 Å². The smallest absolute Gasteiger partial charge is 0.246 e. The molecule has 1 aliphatic carbocycles. The van der Waals surface area contributed by atoms with Crippen LogP contribution >= 0.6 is 0 Å². The summed E-state index contributed by atoms with van der Waals surface area (Å²) in [7, 11) is 3.95. The van der Waals surface area contributed by atoms with Crippen molar-refractivity contribution in [2.24, 2.45) is 5.92 Å². The van der Waals surface area contributed by atoms with E-state index in [1.807, 2.05) is 68.4 Å². The van der Waals surface area contributed by atoms with E-state index >= 15 is 0 Å². The minimum absolute atomic E-state index is 0.0167. The van der Waals surface area contributed by atoms with Crippen molar-refractivity contribution >= 4 is 23.7 Å². The second-order valence-electron chi connectivity index (χ2n) is 7.94. The van der Waals surface area contributed by atoms with Crippen LogP contribution in [0.1, 0.15) is 38.2 Å². The van der Waals surface area contributed by atoms with Gasteiger partial charge in [-0.05, 0) is 56.2 Å². The Morgan fingerprint density at radius 2 is 1.86 bits per heavy atom. The molecule has 1 saturated carbocycles. The molecule has 6 heteroatoms. The number of benzene rings is 1. The van der Waals surface area contributed by atoms with Crippen LogP contribution in [0.5, 0.6) is 0 Å². The second-order valence-corrected chi connectivity index (χ2v) is 7.94. The number of carbonyl (C=O) groups excluding carboxylic acids is 1. The minimum atomic E-state index is 0.0167. The number of amides is 1. The van der Waals surface area contributed by atoms with Gasteiger partial charge in [0.25, 0.3) is 0 Å². The van der Waals surface area contributed by atoms with Crippen molar-refractivity contribution in [2.75, 3.05) is 30.9 Å². The first kappa shape index (κ1) is 20.8. The van der Waals surface area contributed by atoms with E-state index in [-0.39, 0.29) is 5.91 Å². The van der Waals surface area contributed by atoms with Gasteiger partial charge in [0.05, 0.1) is 0 Å². The third kappa shape index (κ3) is 6.31. The molecule has 1 aliphatic rings. The maximum Gasteiger partial charge on any atom is 0.246 e. The zero-order valence-corrected chi connectivity index (χ0v) is 17.6. The van der Waals surface area contributed by atoms with E-state index in [0.717, 1.165) is 49.2 Å². The van der Waals surface area contributed by atoms with E-state index in [1.54, 1.807) is 6.20 Å². The third-order valence-electron chi connectivity index (χ3n) is 5.37. The van der Waals surface area contributed by atoms with E-state index in [0.29, 0.717) is 17.9 Å². The van der Waals surface area contributed by atoms with Crippen molar-refractivity contribution in [1.82, 2.24) is 15.3 Å². The molecule has 0 radical (unpaired) electrons. The zero-order valence-electron chi connectivity index (χ0n) is 17.6. The fourth-order valence-corrected chi connectivity index (χ4v) is 3.60. The lowest BCUT2D eigenvalue weighted by Crippen LogP contribution is -2.34. The normalized spacial score (nSPS) is 19.5. The molecule has 0 saturated heterocycles. The predicted octanol–water partition coefficient (Wildman–Crippen LogP) is 3.73. The van der Waals surface area contributed by atoms with E-state index in [1.165, 1.54) is 0 Å². The van der Waals surface area contributed by atoms with Gasteiger partial charge in [0.2, 0.25) is 11.9 Å². The predicted molar refractivity (Wildman–Crippen MR) is 119 cm³/mol. The van der Waals surface area contributed by atoms with Gasteiger partial charge in [-0.25, -0.2) is 4.98 Å². The lowest BCUT2D eigenvalue weighted by molar-refractivity contribution is -0.117. The molecule has 2 aromatic rings. The number of hydrogen-bond donors (Lipinski definition) is 2. The Morgan fingerprint density at radius 3 is 2.55 bits per heavy atom. The molecule has 1 fully saturated rings. The van der Waals surface area contributed by atoms with Gasteiger partial charge >= 0.3 is 0 Å². The fraction of sp³-hybridized carbons (Fsp3) is 0.435. The molecular weight excluding hydrogens is 362 g/mol. The first-order valence-corrected chi connectivity index (χ1v) is 10.3. The lowest BCUT2D eigenvalue weighted by atomic mass is 9.86. The summed E-state index contributed by atoms with van der Waals surface area (Å²) in [5.74, 6) is 2.13. The molecule has 0 bridgehead atoms. The molecule has 154 valence electrons. The van der Waals surface area contributed by atoms with Gasteiger partial charge < -0.3 is 15.5 Å². The molecule has 1 amide bonds. The van der Waals surface area contributed by atoms with Gasteiger partial charge in [-0.2, -0.15) is 4.98 Å². The van der Waals surface area contributed by atoms with Crippen LogP contribution in [0.15, 0.2) is 48.2 Å². The Balaban J connectivity index is 1.42. The van der Waals surface area contributed by atoms with Gasteiger partial charge in [0.1, 0.15) is 5.82 Å². The minimum Gasteiger partial charge on any atom is -0.363 e. The van der Waals surface area contributed by atoms with Crippen LogP contribution in [0.4, 0.5) is 11.8 Å². The van der Waals surface area contributed by atoms with Crippen molar-refractivity contribution in [1.29, 1.82) is 0 Å². The highest BCUT2D eigenvalue weighted by Crippen LogP contribution is 2.26. The van der Waals surface area contributed by atoms with Crippen LogP contribution in [-0.2, 0) is 4.79 Å². The summed E-state index contributed by atoms with van der Waals surface area (Å²) in [6.45, 7) is 2.60. The Kier molecular flexibility index (Phi) is 7.22. The largest absolute Gasteiger partial charge is 0.363 e. The van der Waals surface area contributed by atoms with Gasteiger partial charge in [-0.15, -0.1) is 0 Å². The quantitative estimate of drug-likeness (QED) is 0.702. The lowest BCUT2D eigenvalue weighted by Gasteiger charge is -2.29. The Bertz CT molecular complexity index is 826. The summed E-state index contributed by atoms with van der Waals surface area (Å²) >= 11 is 0. The van der Waals surface area contributed by atoms with E-state index < -0.39 is 0 Å². The van der Waals surface area contributed by atoms with Crippen LogP contribution in [0.3, 0.4) is 0 Å². The number of aromatic nitrogens is 2. The first-order chi connectivity index (χ1) is 14.0. The van der Waals surface area contributed by atoms with Gasteiger partial charge in [0, 0.05) is 38.5 Å². The van der Waals surface area contributed by atoms with Gasteiger partial charge in [-0.1, -0.05) is 30.3 Å². The Labute approximate surface area is 173 Å². The van der Waals surface area contributed by atoms with Gasteiger partial charge in [0.15, 0.2) is 0 Å². The molecule has 3 rings (SSSR count). The summed E-state index contributed by atoms with van der Waals surface area (Å²) < 4.78 is 0. The Morgan fingerprint density at radius 1 is 1.14 bits per heavy atom. The molecule has 1 aromatic carbocycles. The van der Waals surface area contributed by atoms with Crippen LogP contribution in [0.2, 0.25) is 0 Å². The van der Waals surface area contributed by atoms with Crippen molar-refractivity contribution in [3.8, 4) is 0 Å². The van der Waals surface area contributed by atoms with Crippen molar-refractivity contribution < 1.29 is 4.79 Å². The van der Waals surface area contributed by atoms with Gasteiger partial charge in [-0.3, -0.25) is 4.79 Å². The molecular formula is C23H31N5O. The molecule has 0 aliphatic heterocycles. The molecule has 0 unspecified atom stereocenters. The highest BCUT2D eigenvalue weighted by molar-refractivity contribution is 5.97. The Hall–Kier alpha value is -2.89.